The predicted octanol–water partition coefficient (Wildman–Crippen LogP) is 25.7. The summed E-state index contributed by atoms with van der Waals surface area (Å²) in [5.74, 6) is -0.835. The number of unbranched alkanes of at least 4 members (excludes halogenated alkanes) is 55. The second kappa shape index (κ2) is 71.4. The second-order valence-electron chi connectivity index (χ2n) is 25.6. The van der Waals surface area contributed by atoms with Crippen LogP contribution in [0.15, 0.2) is 24.3 Å². The molecule has 1 unspecified atom stereocenters. The molecule has 6 heteroatoms. The molecule has 1 atom stereocenters. The third-order valence-electron chi connectivity index (χ3n) is 17.2. The first-order valence-corrected chi connectivity index (χ1v) is 37.3. The fourth-order valence-electron chi connectivity index (χ4n) is 11.6. The van der Waals surface area contributed by atoms with E-state index in [4.69, 9.17) is 14.2 Å². The van der Waals surface area contributed by atoms with Gasteiger partial charge in [-0.1, -0.05) is 360 Å². The molecule has 484 valence electrons. The van der Waals surface area contributed by atoms with Gasteiger partial charge in [0.25, 0.3) is 0 Å². The number of carbonyl (C=O) groups excluding carboxylic acids is 3. The summed E-state index contributed by atoms with van der Waals surface area (Å²) in [5, 5.41) is 0. The Morgan fingerprint density at radius 3 is 0.610 bits per heavy atom. The zero-order valence-corrected chi connectivity index (χ0v) is 55.8. The van der Waals surface area contributed by atoms with Crippen molar-refractivity contribution in [2.45, 2.75) is 431 Å². The molecule has 0 aliphatic carbocycles. The minimum absolute atomic E-state index is 0.0662. The van der Waals surface area contributed by atoms with E-state index < -0.39 is 6.10 Å². The molecule has 0 N–H and O–H groups in total. The maximum absolute atomic E-state index is 12.9. The lowest BCUT2D eigenvalue weighted by atomic mass is 10.0. The number of esters is 3. The van der Waals surface area contributed by atoms with Crippen LogP contribution in [0.4, 0.5) is 0 Å². The number of hydrogen-bond donors (Lipinski definition) is 0. The maximum Gasteiger partial charge on any atom is 0.306 e. The van der Waals surface area contributed by atoms with Crippen LogP contribution in [0, 0.1) is 0 Å². The second-order valence-corrected chi connectivity index (χ2v) is 25.6. The topological polar surface area (TPSA) is 78.9 Å². The minimum Gasteiger partial charge on any atom is -0.462 e. The molecule has 0 amide bonds. The number of carbonyl (C=O) groups is 3. The lowest BCUT2D eigenvalue weighted by Gasteiger charge is -2.18. The van der Waals surface area contributed by atoms with Crippen molar-refractivity contribution < 1.29 is 28.6 Å². The van der Waals surface area contributed by atoms with Crippen molar-refractivity contribution in [2.24, 2.45) is 0 Å². The average molecular weight is 1150 g/mol. The van der Waals surface area contributed by atoms with Gasteiger partial charge in [-0.05, 0) is 70.6 Å². The molecule has 0 aromatic rings. The van der Waals surface area contributed by atoms with E-state index in [1.165, 1.54) is 327 Å². The van der Waals surface area contributed by atoms with Crippen LogP contribution < -0.4 is 0 Å². The van der Waals surface area contributed by atoms with E-state index in [9.17, 15) is 14.4 Å². The molecule has 0 fully saturated rings. The van der Waals surface area contributed by atoms with E-state index in [0.29, 0.717) is 19.3 Å². The van der Waals surface area contributed by atoms with E-state index in [2.05, 4.69) is 45.1 Å². The molecule has 0 saturated heterocycles. The van der Waals surface area contributed by atoms with Gasteiger partial charge in [0.1, 0.15) is 13.2 Å². The van der Waals surface area contributed by atoms with Crippen LogP contribution >= 0.6 is 0 Å². The average Bonchev–Trinajstić information content (AvgIpc) is 3.47. The lowest BCUT2D eigenvalue weighted by molar-refractivity contribution is -0.167. The third kappa shape index (κ3) is 68.7. The molecule has 0 aromatic carbocycles. The fraction of sp³-hybridized carbons (Fsp3) is 0.908. The van der Waals surface area contributed by atoms with Crippen LogP contribution in [0.5, 0.6) is 0 Å². The van der Waals surface area contributed by atoms with Gasteiger partial charge >= 0.3 is 17.9 Å². The Kier molecular flexibility index (Phi) is 69.5. The molecule has 0 saturated carbocycles. The first kappa shape index (κ1) is 79.9. The zero-order valence-electron chi connectivity index (χ0n) is 55.8. The van der Waals surface area contributed by atoms with Crippen molar-refractivity contribution >= 4 is 17.9 Å². The quantitative estimate of drug-likeness (QED) is 0.0261. The van der Waals surface area contributed by atoms with Crippen LogP contribution in [-0.2, 0) is 28.6 Å². The predicted molar refractivity (Wildman–Crippen MR) is 358 cm³/mol. The van der Waals surface area contributed by atoms with Crippen LogP contribution in [0.1, 0.15) is 425 Å². The molecule has 6 nitrogen and oxygen atoms in total. The van der Waals surface area contributed by atoms with Crippen molar-refractivity contribution in [3.05, 3.63) is 24.3 Å². The summed E-state index contributed by atoms with van der Waals surface area (Å²) in [4.78, 5) is 38.5. The first-order valence-electron chi connectivity index (χ1n) is 37.3. The molecule has 0 radical (unpaired) electrons. The number of hydrogen-bond acceptors (Lipinski definition) is 6. The van der Waals surface area contributed by atoms with E-state index in [1.54, 1.807) is 0 Å². The molecule has 0 aromatic heterocycles. The van der Waals surface area contributed by atoms with E-state index in [1.807, 2.05) is 0 Å². The van der Waals surface area contributed by atoms with Crippen molar-refractivity contribution in [3.8, 4) is 0 Å². The molecule has 0 aliphatic rings. The first-order chi connectivity index (χ1) is 40.5. The summed E-state index contributed by atoms with van der Waals surface area (Å²) in [7, 11) is 0. The normalized spacial score (nSPS) is 12.1. The number of allylic oxidation sites excluding steroid dienone is 4. The molecular weight excluding hydrogens is 1010 g/mol. The highest BCUT2D eigenvalue weighted by Gasteiger charge is 2.20. The molecule has 0 aliphatic heterocycles. The van der Waals surface area contributed by atoms with Crippen LogP contribution in [0.2, 0.25) is 0 Å². The zero-order chi connectivity index (χ0) is 59.2. The molecular formula is C76H144O6. The van der Waals surface area contributed by atoms with Crippen molar-refractivity contribution in [1.29, 1.82) is 0 Å². The Hall–Kier alpha value is -2.11. The van der Waals surface area contributed by atoms with Gasteiger partial charge in [0.2, 0.25) is 0 Å². The van der Waals surface area contributed by atoms with Crippen molar-refractivity contribution in [1.82, 2.24) is 0 Å². The smallest absolute Gasteiger partial charge is 0.306 e. The van der Waals surface area contributed by atoms with Gasteiger partial charge in [-0.2, -0.15) is 0 Å². The van der Waals surface area contributed by atoms with E-state index in [-0.39, 0.29) is 31.1 Å². The summed E-state index contributed by atoms with van der Waals surface area (Å²) in [5.41, 5.74) is 0. The largest absolute Gasteiger partial charge is 0.462 e. The Labute approximate surface area is 513 Å². The summed E-state index contributed by atoms with van der Waals surface area (Å²) < 4.78 is 17.0. The Bertz CT molecular complexity index is 1320. The Morgan fingerprint density at radius 2 is 0.402 bits per heavy atom. The van der Waals surface area contributed by atoms with Gasteiger partial charge in [-0.25, -0.2) is 0 Å². The number of rotatable bonds is 70. The van der Waals surface area contributed by atoms with Crippen LogP contribution in [0.25, 0.3) is 0 Å². The van der Waals surface area contributed by atoms with Gasteiger partial charge in [-0.3, -0.25) is 14.4 Å². The highest BCUT2D eigenvalue weighted by atomic mass is 16.6. The summed E-state index contributed by atoms with van der Waals surface area (Å²) in [6.45, 7) is 6.72. The van der Waals surface area contributed by atoms with Crippen LogP contribution in [0.3, 0.4) is 0 Å². The maximum atomic E-state index is 12.9. The molecule has 0 bridgehead atoms. The van der Waals surface area contributed by atoms with Gasteiger partial charge in [-0.15, -0.1) is 0 Å². The number of ether oxygens (including phenoxy) is 3. The molecule has 0 heterocycles. The van der Waals surface area contributed by atoms with Gasteiger partial charge in [0.15, 0.2) is 6.10 Å². The third-order valence-corrected chi connectivity index (χ3v) is 17.2. The van der Waals surface area contributed by atoms with Gasteiger partial charge in [0, 0.05) is 19.3 Å². The van der Waals surface area contributed by atoms with Crippen molar-refractivity contribution in [3.63, 3.8) is 0 Å². The highest BCUT2D eigenvalue weighted by Crippen LogP contribution is 2.19. The standard InChI is InChI=1S/C76H144O6/c1-4-7-10-13-16-19-22-25-28-31-32-33-34-35-36-37-38-39-40-41-42-43-44-46-48-51-54-57-60-63-66-69-75(78)81-72-73(71-80-74(77)68-65-62-59-56-53-50-47-30-27-24-21-18-15-12-9-6-3)82-76(79)70-67-64-61-58-55-52-49-45-29-26-23-20-17-14-11-8-5-2/h26,29,31-32,73H,4-25,27-28,30,33-72H2,1-3H3/b29-26-,32-31-. The monoisotopic (exact) mass is 1150 g/mol. The van der Waals surface area contributed by atoms with E-state index >= 15 is 0 Å². The fourth-order valence-corrected chi connectivity index (χ4v) is 11.6. The Balaban J connectivity index is 4.16. The van der Waals surface area contributed by atoms with Crippen molar-refractivity contribution in [2.75, 3.05) is 13.2 Å². The molecule has 0 rings (SSSR count). The summed E-state index contributed by atoms with van der Waals surface area (Å²) >= 11 is 0. The Morgan fingerprint density at radius 1 is 0.232 bits per heavy atom. The van der Waals surface area contributed by atoms with Gasteiger partial charge in [0.05, 0.1) is 0 Å². The van der Waals surface area contributed by atoms with E-state index in [0.717, 1.165) is 57.8 Å². The minimum atomic E-state index is -0.771. The highest BCUT2D eigenvalue weighted by molar-refractivity contribution is 5.71. The molecule has 82 heavy (non-hydrogen) atoms. The van der Waals surface area contributed by atoms with Crippen LogP contribution in [-0.4, -0.2) is 37.2 Å². The molecule has 0 spiro atoms. The SMILES string of the molecule is CCCCCCCC/C=C\CCCCCCCCCC(=O)OC(COC(=O)CCCCCCCCCCCCCCCCCC)COC(=O)CCCCCCCCCCCCCCCCCCCCC/C=C\CCCCCCCCCC. The summed E-state index contributed by atoms with van der Waals surface area (Å²) in [6, 6.07) is 0. The lowest BCUT2D eigenvalue weighted by Crippen LogP contribution is -2.30. The van der Waals surface area contributed by atoms with Gasteiger partial charge < -0.3 is 14.2 Å². The summed E-state index contributed by atoms with van der Waals surface area (Å²) in [6.07, 6.45) is 88.0.